The minimum Gasteiger partial charge on any atom is -0.480 e. The molecule has 0 aromatic heterocycles. The van der Waals surface area contributed by atoms with Gasteiger partial charge in [-0.05, 0) is 12.5 Å². The lowest BCUT2D eigenvalue weighted by Gasteiger charge is -2.25. The van der Waals surface area contributed by atoms with Crippen LogP contribution in [0.15, 0.2) is 30.3 Å². The zero-order valence-electron chi connectivity index (χ0n) is 11.8. The van der Waals surface area contributed by atoms with E-state index in [0.29, 0.717) is 6.54 Å². The van der Waals surface area contributed by atoms with Crippen LogP contribution in [-0.4, -0.2) is 40.9 Å². The number of aliphatic carboxylic acids is 1. The van der Waals surface area contributed by atoms with Gasteiger partial charge < -0.3 is 15.3 Å². The molecule has 1 aliphatic rings. The topological polar surface area (TPSA) is 86.7 Å². The largest absolute Gasteiger partial charge is 0.480 e. The Morgan fingerprint density at radius 3 is 2.67 bits per heavy atom. The Morgan fingerprint density at radius 2 is 2.05 bits per heavy atom. The third-order valence-corrected chi connectivity index (χ3v) is 3.69. The molecule has 112 valence electrons. The first kappa shape index (κ1) is 15.0. The molecule has 0 spiro atoms. The number of likely N-dealkylation sites (tertiary alicyclic amines) is 1. The SMILES string of the molecule is CC(c1ccccc1)N1CC(C(=O)NCC(=O)O)CC1=O. The molecule has 1 saturated heterocycles. The number of amides is 2. The first-order chi connectivity index (χ1) is 9.99. The number of carbonyl (C=O) groups excluding carboxylic acids is 2. The van der Waals surface area contributed by atoms with Crippen LogP contribution in [0.3, 0.4) is 0 Å². The summed E-state index contributed by atoms with van der Waals surface area (Å²) in [6.45, 7) is 1.82. The highest BCUT2D eigenvalue weighted by Gasteiger charge is 2.36. The molecular formula is C15H18N2O4. The van der Waals surface area contributed by atoms with Crippen molar-refractivity contribution in [3.63, 3.8) is 0 Å². The highest BCUT2D eigenvalue weighted by Crippen LogP contribution is 2.28. The van der Waals surface area contributed by atoms with Gasteiger partial charge in [-0.15, -0.1) is 0 Å². The van der Waals surface area contributed by atoms with Crippen molar-refractivity contribution in [1.29, 1.82) is 0 Å². The van der Waals surface area contributed by atoms with Gasteiger partial charge >= 0.3 is 5.97 Å². The van der Waals surface area contributed by atoms with Gasteiger partial charge in [-0.1, -0.05) is 30.3 Å². The number of nitrogens with one attached hydrogen (secondary N) is 1. The third kappa shape index (κ3) is 3.59. The Kier molecular flexibility index (Phi) is 4.57. The standard InChI is InChI=1S/C15H18N2O4/c1-10(11-5-3-2-4-6-11)17-9-12(7-13(17)18)15(21)16-8-14(19)20/h2-6,10,12H,7-9H2,1H3,(H,16,21)(H,19,20). The van der Waals surface area contributed by atoms with Crippen LogP contribution in [-0.2, 0) is 14.4 Å². The monoisotopic (exact) mass is 290 g/mol. The average Bonchev–Trinajstić information content (AvgIpc) is 2.87. The zero-order chi connectivity index (χ0) is 15.4. The van der Waals surface area contributed by atoms with Crippen LogP contribution in [0.2, 0.25) is 0 Å². The van der Waals surface area contributed by atoms with Gasteiger partial charge in [0.1, 0.15) is 6.54 Å². The van der Waals surface area contributed by atoms with Crippen molar-refractivity contribution in [3.05, 3.63) is 35.9 Å². The minimum atomic E-state index is -1.10. The highest BCUT2D eigenvalue weighted by molar-refractivity contribution is 5.90. The Labute approximate surface area is 122 Å². The third-order valence-electron chi connectivity index (χ3n) is 3.69. The molecular weight excluding hydrogens is 272 g/mol. The molecule has 0 saturated carbocycles. The van der Waals surface area contributed by atoms with E-state index in [-0.39, 0.29) is 24.3 Å². The van der Waals surface area contributed by atoms with E-state index in [1.807, 2.05) is 37.3 Å². The molecule has 0 aliphatic carbocycles. The summed E-state index contributed by atoms with van der Waals surface area (Å²) < 4.78 is 0. The van der Waals surface area contributed by atoms with E-state index in [4.69, 9.17) is 5.11 Å². The summed E-state index contributed by atoms with van der Waals surface area (Å²) in [5, 5.41) is 10.9. The van der Waals surface area contributed by atoms with Gasteiger partial charge in [-0.2, -0.15) is 0 Å². The van der Waals surface area contributed by atoms with E-state index >= 15 is 0 Å². The molecule has 2 N–H and O–H groups in total. The number of carboxylic acids is 1. The van der Waals surface area contributed by atoms with Crippen molar-refractivity contribution >= 4 is 17.8 Å². The second-order valence-corrected chi connectivity index (χ2v) is 5.15. The van der Waals surface area contributed by atoms with Crippen molar-refractivity contribution in [2.45, 2.75) is 19.4 Å². The molecule has 2 rings (SSSR count). The van der Waals surface area contributed by atoms with Crippen LogP contribution in [0.1, 0.15) is 24.9 Å². The summed E-state index contributed by atoms with van der Waals surface area (Å²) in [4.78, 5) is 36.0. The molecule has 1 aromatic rings. The van der Waals surface area contributed by atoms with Crippen LogP contribution in [0.5, 0.6) is 0 Å². The number of rotatable bonds is 5. The highest BCUT2D eigenvalue weighted by atomic mass is 16.4. The van der Waals surface area contributed by atoms with E-state index in [1.54, 1.807) is 4.90 Å². The average molecular weight is 290 g/mol. The van der Waals surface area contributed by atoms with Crippen LogP contribution in [0.4, 0.5) is 0 Å². The minimum absolute atomic E-state index is 0.0816. The first-order valence-electron chi connectivity index (χ1n) is 6.83. The number of hydrogen-bond acceptors (Lipinski definition) is 3. The van der Waals surface area contributed by atoms with E-state index in [9.17, 15) is 14.4 Å². The molecule has 2 unspecified atom stereocenters. The Balaban J connectivity index is 1.99. The van der Waals surface area contributed by atoms with E-state index < -0.39 is 18.4 Å². The Bertz CT molecular complexity index is 544. The van der Waals surface area contributed by atoms with Gasteiger partial charge in [0, 0.05) is 13.0 Å². The van der Waals surface area contributed by atoms with Gasteiger partial charge in [0.25, 0.3) is 0 Å². The number of carboxylic acid groups (broad SMARTS) is 1. The molecule has 1 aromatic carbocycles. The van der Waals surface area contributed by atoms with Gasteiger partial charge in [0.15, 0.2) is 0 Å². The maximum atomic E-state index is 12.1. The fourth-order valence-corrected chi connectivity index (χ4v) is 2.50. The van der Waals surface area contributed by atoms with Crippen LogP contribution in [0, 0.1) is 5.92 Å². The quantitative estimate of drug-likeness (QED) is 0.839. The van der Waals surface area contributed by atoms with Gasteiger partial charge in [-0.3, -0.25) is 14.4 Å². The maximum absolute atomic E-state index is 12.1. The molecule has 6 heteroatoms. The Morgan fingerprint density at radius 1 is 1.38 bits per heavy atom. The van der Waals surface area contributed by atoms with Crippen molar-refractivity contribution < 1.29 is 19.5 Å². The molecule has 21 heavy (non-hydrogen) atoms. The number of nitrogens with zero attached hydrogens (tertiary/aromatic N) is 1. The van der Waals surface area contributed by atoms with Crippen molar-refractivity contribution in [3.8, 4) is 0 Å². The molecule has 2 amide bonds. The lowest BCUT2D eigenvalue weighted by atomic mass is 10.1. The van der Waals surface area contributed by atoms with E-state index in [1.165, 1.54) is 0 Å². The molecule has 1 aliphatic heterocycles. The van der Waals surface area contributed by atoms with Gasteiger partial charge in [0.05, 0.1) is 12.0 Å². The zero-order valence-corrected chi connectivity index (χ0v) is 11.8. The van der Waals surface area contributed by atoms with Gasteiger partial charge in [0.2, 0.25) is 11.8 Å². The molecule has 2 atom stereocenters. The normalized spacial score (nSPS) is 19.4. The second-order valence-electron chi connectivity index (χ2n) is 5.15. The summed E-state index contributed by atoms with van der Waals surface area (Å²) in [6, 6.07) is 9.50. The Hall–Kier alpha value is -2.37. The van der Waals surface area contributed by atoms with Crippen molar-refractivity contribution in [1.82, 2.24) is 10.2 Å². The molecule has 0 radical (unpaired) electrons. The summed E-state index contributed by atoms with van der Waals surface area (Å²) in [5.41, 5.74) is 1.01. The summed E-state index contributed by atoms with van der Waals surface area (Å²) in [6.07, 6.45) is 0.128. The molecule has 0 bridgehead atoms. The smallest absolute Gasteiger partial charge is 0.322 e. The van der Waals surface area contributed by atoms with Crippen molar-refractivity contribution in [2.75, 3.05) is 13.1 Å². The number of hydrogen-bond donors (Lipinski definition) is 2. The summed E-state index contributed by atoms with van der Waals surface area (Å²) in [7, 11) is 0. The van der Waals surface area contributed by atoms with Crippen LogP contribution < -0.4 is 5.32 Å². The first-order valence-corrected chi connectivity index (χ1v) is 6.83. The summed E-state index contributed by atoms with van der Waals surface area (Å²) in [5.74, 6) is -2.04. The van der Waals surface area contributed by atoms with Crippen LogP contribution in [0.25, 0.3) is 0 Å². The fraction of sp³-hybridized carbons (Fsp3) is 0.400. The molecule has 1 fully saturated rings. The number of carbonyl (C=O) groups is 3. The number of benzene rings is 1. The second kappa shape index (κ2) is 6.39. The van der Waals surface area contributed by atoms with E-state index in [0.717, 1.165) is 5.56 Å². The lowest BCUT2D eigenvalue weighted by molar-refractivity contribution is -0.138. The fourth-order valence-electron chi connectivity index (χ4n) is 2.50. The van der Waals surface area contributed by atoms with Crippen molar-refractivity contribution in [2.24, 2.45) is 5.92 Å². The summed E-state index contributed by atoms with van der Waals surface area (Å²) >= 11 is 0. The van der Waals surface area contributed by atoms with E-state index in [2.05, 4.69) is 5.32 Å². The predicted octanol–water partition coefficient (Wildman–Crippen LogP) is 0.797. The van der Waals surface area contributed by atoms with Gasteiger partial charge in [-0.25, -0.2) is 0 Å². The maximum Gasteiger partial charge on any atom is 0.322 e. The molecule has 6 nitrogen and oxygen atoms in total. The van der Waals surface area contributed by atoms with Crippen LogP contribution >= 0.6 is 0 Å². The predicted molar refractivity (Wildman–Crippen MR) is 75.3 cm³/mol. The lowest BCUT2D eigenvalue weighted by Crippen LogP contribution is -2.36. The molecule has 1 heterocycles.